The first kappa shape index (κ1) is 26.7. The number of imidazole rings is 1. The van der Waals surface area contributed by atoms with Gasteiger partial charge in [0, 0.05) is 24.4 Å². The Bertz CT molecular complexity index is 1720. The van der Waals surface area contributed by atoms with Gasteiger partial charge in [-0.25, -0.2) is 18.1 Å². The molecule has 2 aromatic heterocycles. The molecule has 0 radical (unpaired) electrons. The van der Waals surface area contributed by atoms with E-state index in [0.29, 0.717) is 28.6 Å². The fourth-order valence-corrected chi connectivity index (χ4v) is 5.66. The summed E-state index contributed by atoms with van der Waals surface area (Å²) in [7, 11) is -2.11. The number of hydrogen-bond donors (Lipinski definition) is 1. The number of methoxy groups -OCH3 is 1. The third-order valence-corrected chi connectivity index (χ3v) is 8.09. The molecule has 5 aromatic rings. The van der Waals surface area contributed by atoms with Gasteiger partial charge in [0.2, 0.25) is 10.0 Å². The molecule has 1 N–H and O–H groups in total. The van der Waals surface area contributed by atoms with E-state index < -0.39 is 10.0 Å². The number of aryl methyl sites for hydroxylation is 1. The van der Waals surface area contributed by atoms with Gasteiger partial charge in [0.05, 0.1) is 28.4 Å². The van der Waals surface area contributed by atoms with E-state index >= 15 is 0 Å². The van der Waals surface area contributed by atoms with Gasteiger partial charge in [-0.2, -0.15) is 0 Å². The highest BCUT2D eigenvalue weighted by molar-refractivity contribution is 7.89. The largest absolute Gasteiger partial charge is 0.497 e. The average molecular weight is 562 g/mol. The monoisotopic (exact) mass is 561 g/mol. The van der Waals surface area contributed by atoms with E-state index in [9.17, 15) is 8.42 Å². The number of sulfonamides is 1. The second-order valence-corrected chi connectivity index (χ2v) is 11.1. The van der Waals surface area contributed by atoms with Crippen molar-refractivity contribution in [2.75, 3.05) is 13.7 Å². The molecule has 200 valence electrons. The second kappa shape index (κ2) is 11.5. The van der Waals surface area contributed by atoms with Crippen LogP contribution in [0, 0.1) is 0 Å². The van der Waals surface area contributed by atoms with Gasteiger partial charge in [-0.15, -0.1) is 0 Å². The SMILES string of the molecule is CCc1nc2c(Cl)cccn2c1-c1cccc(Oc2cccc(S(=O)(=O)NCCc3ccc(OC)cc3)c2)c1. The summed E-state index contributed by atoms with van der Waals surface area (Å²) >= 11 is 6.38. The number of hydrogen-bond acceptors (Lipinski definition) is 5. The van der Waals surface area contributed by atoms with Crippen LogP contribution in [0.2, 0.25) is 5.02 Å². The lowest BCUT2D eigenvalue weighted by Crippen LogP contribution is -2.26. The molecule has 7 nitrogen and oxygen atoms in total. The summed E-state index contributed by atoms with van der Waals surface area (Å²) in [5, 5.41) is 0.585. The van der Waals surface area contributed by atoms with Gasteiger partial charge in [-0.05, 0) is 66.9 Å². The van der Waals surface area contributed by atoms with Crippen molar-refractivity contribution >= 4 is 27.3 Å². The normalized spacial score (nSPS) is 11.6. The highest BCUT2D eigenvalue weighted by Crippen LogP contribution is 2.32. The number of nitrogens with zero attached hydrogens (tertiary/aromatic N) is 2. The average Bonchev–Trinajstić information content (AvgIpc) is 3.34. The van der Waals surface area contributed by atoms with Gasteiger partial charge >= 0.3 is 0 Å². The topological polar surface area (TPSA) is 81.9 Å². The van der Waals surface area contributed by atoms with Crippen LogP contribution in [0.1, 0.15) is 18.2 Å². The Hall–Kier alpha value is -3.85. The zero-order valence-corrected chi connectivity index (χ0v) is 23.2. The first-order valence-electron chi connectivity index (χ1n) is 12.5. The molecule has 5 rings (SSSR count). The molecule has 0 saturated heterocycles. The fourth-order valence-electron chi connectivity index (χ4n) is 4.39. The molecule has 0 spiro atoms. The van der Waals surface area contributed by atoms with Crippen LogP contribution in [0.15, 0.2) is 96.0 Å². The minimum atomic E-state index is -3.72. The predicted molar refractivity (Wildman–Crippen MR) is 153 cm³/mol. The minimum Gasteiger partial charge on any atom is -0.497 e. The molecule has 9 heteroatoms. The van der Waals surface area contributed by atoms with Crippen molar-refractivity contribution in [1.82, 2.24) is 14.1 Å². The van der Waals surface area contributed by atoms with Crippen LogP contribution in [-0.4, -0.2) is 31.5 Å². The van der Waals surface area contributed by atoms with E-state index in [4.69, 9.17) is 26.1 Å². The van der Waals surface area contributed by atoms with Crippen molar-refractivity contribution in [3.63, 3.8) is 0 Å². The summed E-state index contributed by atoms with van der Waals surface area (Å²) in [6.45, 7) is 2.32. The second-order valence-electron chi connectivity index (χ2n) is 8.91. The van der Waals surface area contributed by atoms with Crippen LogP contribution in [0.5, 0.6) is 17.2 Å². The molecule has 0 bridgehead atoms. The van der Waals surface area contributed by atoms with E-state index in [0.717, 1.165) is 34.7 Å². The van der Waals surface area contributed by atoms with Gasteiger partial charge in [0.1, 0.15) is 17.2 Å². The molecule has 2 heterocycles. The summed E-state index contributed by atoms with van der Waals surface area (Å²) in [6, 6.07) is 25.4. The number of benzene rings is 3. The third-order valence-electron chi connectivity index (χ3n) is 6.33. The summed E-state index contributed by atoms with van der Waals surface area (Å²) in [6.07, 6.45) is 3.23. The van der Waals surface area contributed by atoms with E-state index in [1.54, 1.807) is 25.3 Å². The van der Waals surface area contributed by atoms with Crippen molar-refractivity contribution in [1.29, 1.82) is 0 Å². The third kappa shape index (κ3) is 5.93. The Labute approximate surface area is 233 Å². The molecule has 0 aliphatic heterocycles. The minimum absolute atomic E-state index is 0.135. The highest BCUT2D eigenvalue weighted by Gasteiger charge is 2.17. The molecule has 39 heavy (non-hydrogen) atoms. The maximum Gasteiger partial charge on any atom is 0.240 e. The molecule has 0 saturated carbocycles. The Morgan fingerprint density at radius 1 is 0.923 bits per heavy atom. The Morgan fingerprint density at radius 2 is 1.67 bits per heavy atom. The van der Waals surface area contributed by atoms with Gasteiger partial charge < -0.3 is 9.47 Å². The van der Waals surface area contributed by atoms with E-state index in [1.165, 1.54) is 6.07 Å². The predicted octanol–water partition coefficient (Wildman–Crippen LogP) is 6.54. The molecule has 0 atom stereocenters. The van der Waals surface area contributed by atoms with Gasteiger partial charge in [0.15, 0.2) is 5.65 Å². The van der Waals surface area contributed by atoms with Gasteiger partial charge in [-0.3, -0.25) is 4.40 Å². The molecule has 3 aromatic carbocycles. The molecular weight excluding hydrogens is 534 g/mol. The van der Waals surface area contributed by atoms with Crippen LogP contribution in [-0.2, 0) is 22.9 Å². The number of pyridine rings is 1. The summed E-state index contributed by atoms with van der Waals surface area (Å²) in [4.78, 5) is 4.86. The van der Waals surface area contributed by atoms with Gasteiger partial charge in [0.25, 0.3) is 0 Å². The van der Waals surface area contributed by atoms with Crippen molar-refractivity contribution in [3.8, 4) is 28.5 Å². The first-order chi connectivity index (χ1) is 18.9. The number of aromatic nitrogens is 2. The van der Waals surface area contributed by atoms with Crippen molar-refractivity contribution in [2.24, 2.45) is 0 Å². The lowest BCUT2D eigenvalue weighted by molar-refractivity contribution is 0.414. The van der Waals surface area contributed by atoms with E-state index in [-0.39, 0.29) is 11.4 Å². The number of ether oxygens (including phenoxy) is 2. The molecule has 0 fully saturated rings. The first-order valence-corrected chi connectivity index (χ1v) is 14.4. The van der Waals surface area contributed by atoms with E-state index in [2.05, 4.69) is 11.6 Å². The molecule has 0 aliphatic carbocycles. The molecule has 0 amide bonds. The van der Waals surface area contributed by atoms with Gasteiger partial charge in [-0.1, -0.05) is 48.9 Å². The Morgan fingerprint density at radius 3 is 2.41 bits per heavy atom. The Kier molecular flexibility index (Phi) is 7.88. The highest BCUT2D eigenvalue weighted by atomic mass is 35.5. The van der Waals surface area contributed by atoms with Crippen molar-refractivity contribution in [2.45, 2.75) is 24.7 Å². The summed E-state index contributed by atoms with van der Waals surface area (Å²) in [5.41, 5.74) is 4.50. The lowest BCUT2D eigenvalue weighted by Gasteiger charge is -2.11. The smallest absolute Gasteiger partial charge is 0.240 e. The number of rotatable bonds is 10. The summed E-state index contributed by atoms with van der Waals surface area (Å²) in [5.74, 6) is 1.76. The van der Waals surface area contributed by atoms with Crippen molar-refractivity contribution < 1.29 is 17.9 Å². The number of fused-ring (bicyclic) bond motifs is 1. The molecule has 0 aliphatic rings. The number of halogens is 1. The summed E-state index contributed by atoms with van der Waals surface area (Å²) < 4.78 is 41.8. The zero-order chi connectivity index (χ0) is 27.4. The lowest BCUT2D eigenvalue weighted by atomic mass is 10.1. The van der Waals surface area contributed by atoms with Crippen LogP contribution in [0.25, 0.3) is 16.9 Å². The quantitative estimate of drug-likeness (QED) is 0.209. The van der Waals surface area contributed by atoms with Crippen LogP contribution < -0.4 is 14.2 Å². The zero-order valence-electron chi connectivity index (χ0n) is 21.6. The van der Waals surface area contributed by atoms with Crippen LogP contribution in [0.3, 0.4) is 0 Å². The molecule has 0 unspecified atom stereocenters. The standard InChI is InChI=1S/C30H28ClN3O4S/c1-3-28-29(34-18-6-11-27(31)30(34)33-28)22-7-4-8-24(19-22)38-25-9-5-10-26(20-25)39(35,36)32-17-16-21-12-14-23(37-2)15-13-21/h4-15,18-20,32H,3,16-17H2,1-2H3. The van der Waals surface area contributed by atoms with Crippen molar-refractivity contribution in [3.05, 3.63) is 107 Å². The Balaban J connectivity index is 1.33. The number of nitrogens with one attached hydrogen (secondary N) is 1. The molecular formula is C30H28ClN3O4S. The maximum absolute atomic E-state index is 13.0. The van der Waals surface area contributed by atoms with Crippen LogP contribution >= 0.6 is 11.6 Å². The van der Waals surface area contributed by atoms with Crippen LogP contribution in [0.4, 0.5) is 0 Å². The fraction of sp³-hybridized carbons (Fsp3) is 0.167. The maximum atomic E-state index is 13.0. The van der Waals surface area contributed by atoms with E-state index in [1.807, 2.05) is 71.3 Å².